The Morgan fingerprint density at radius 3 is 2.29 bits per heavy atom. The van der Waals surface area contributed by atoms with Crippen molar-refractivity contribution in [3.8, 4) is 0 Å². The third kappa shape index (κ3) is 4.04. The molecule has 2 aliphatic heterocycles. The van der Waals surface area contributed by atoms with Crippen molar-refractivity contribution < 1.29 is 9.59 Å². The molecular formula is C22H22ClN3O2. The van der Waals surface area contributed by atoms with Crippen LogP contribution < -0.4 is 10.2 Å². The molecule has 0 spiro atoms. The minimum atomic E-state index is -0.406. The van der Waals surface area contributed by atoms with Gasteiger partial charge in [0.05, 0.1) is 6.54 Å². The number of carbonyl (C=O) groups excluding carboxylic acids is 2. The molecule has 2 aromatic carbocycles. The molecule has 2 aromatic rings. The number of anilines is 1. The van der Waals surface area contributed by atoms with Gasteiger partial charge in [-0.25, -0.2) is 4.79 Å². The van der Waals surface area contributed by atoms with E-state index in [9.17, 15) is 9.59 Å². The molecule has 144 valence electrons. The zero-order chi connectivity index (χ0) is 19.5. The van der Waals surface area contributed by atoms with E-state index in [1.54, 1.807) is 18.2 Å². The maximum Gasteiger partial charge on any atom is 0.329 e. The number of urea groups is 1. The van der Waals surface area contributed by atoms with E-state index < -0.39 is 6.03 Å². The molecule has 0 bridgehead atoms. The van der Waals surface area contributed by atoms with Crippen LogP contribution in [0.4, 0.5) is 10.5 Å². The van der Waals surface area contributed by atoms with Gasteiger partial charge in [0.2, 0.25) is 0 Å². The average molecular weight is 396 g/mol. The van der Waals surface area contributed by atoms with Crippen molar-refractivity contribution in [2.24, 2.45) is 0 Å². The monoisotopic (exact) mass is 395 g/mol. The molecule has 0 atom stereocenters. The van der Waals surface area contributed by atoms with Crippen molar-refractivity contribution in [1.29, 1.82) is 0 Å². The van der Waals surface area contributed by atoms with Crippen molar-refractivity contribution in [1.82, 2.24) is 10.2 Å². The summed E-state index contributed by atoms with van der Waals surface area (Å²) < 4.78 is 0. The van der Waals surface area contributed by atoms with Crippen molar-refractivity contribution in [3.63, 3.8) is 0 Å². The normalized spacial score (nSPS) is 18.7. The lowest BCUT2D eigenvalue weighted by atomic mass is 10.1. The molecular weight excluding hydrogens is 374 g/mol. The molecule has 0 aliphatic carbocycles. The van der Waals surface area contributed by atoms with Gasteiger partial charge in [0.25, 0.3) is 5.91 Å². The van der Waals surface area contributed by atoms with Gasteiger partial charge in [0.1, 0.15) is 5.70 Å². The summed E-state index contributed by atoms with van der Waals surface area (Å²) in [5.41, 5.74) is 3.23. The van der Waals surface area contributed by atoms with Crippen LogP contribution in [-0.2, 0) is 11.3 Å². The van der Waals surface area contributed by atoms with Crippen LogP contribution in [0.1, 0.15) is 30.4 Å². The van der Waals surface area contributed by atoms with Crippen molar-refractivity contribution in [3.05, 3.63) is 70.4 Å². The van der Waals surface area contributed by atoms with Crippen molar-refractivity contribution in [2.45, 2.75) is 25.8 Å². The van der Waals surface area contributed by atoms with Gasteiger partial charge >= 0.3 is 6.03 Å². The van der Waals surface area contributed by atoms with Crippen LogP contribution in [0, 0.1) is 0 Å². The fraction of sp³-hybridized carbons (Fsp3) is 0.273. The number of hydrogen-bond acceptors (Lipinski definition) is 3. The fourth-order valence-corrected chi connectivity index (χ4v) is 3.71. The van der Waals surface area contributed by atoms with Gasteiger partial charge in [-0.2, -0.15) is 0 Å². The number of nitrogens with one attached hydrogen (secondary N) is 1. The van der Waals surface area contributed by atoms with Crippen LogP contribution in [0.5, 0.6) is 0 Å². The van der Waals surface area contributed by atoms with Crippen molar-refractivity contribution in [2.75, 3.05) is 18.0 Å². The molecule has 2 heterocycles. The zero-order valence-electron chi connectivity index (χ0n) is 15.5. The maximum absolute atomic E-state index is 12.6. The smallest absolute Gasteiger partial charge is 0.329 e. The number of imide groups is 1. The maximum atomic E-state index is 12.6. The summed E-state index contributed by atoms with van der Waals surface area (Å²) in [6, 6.07) is 14.8. The van der Waals surface area contributed by atoms with E-state index in [1.165, 1.54) is 29.8 Å². The quantitative estimate of drug-likeness (QED) is 0.615. The first-order chi connectivity index (χ1) is 13.6. The lowest BCUT2D eigenvalue weighted by Gasteiger charge is -2.28. The summed E-state index contributed by atoms with van der Waals surface area (Å²) in [7, 11) is 0. The summed E-state index contributed by atoms with van der Waals surface area (Å²) in [6.45, 7) is 2.40. The fourth-order valence-electron chi connectivity index (χ4n) is 3.59. The molecule has 3 amide bonds. The third-order valence-electron chi connectivity index (χ3n) is 5.14. The predicted octanol–water partition coefficient (Wildman–Crippen LogP) is 4.42. The second-order valence-electron chi connectivity index (χ2n) is 7.15. The van der Waals surface area contributed by atoms with Gasteiger partial charge in [-0.15, -0.1) is 0 Å². The van der Waals surface area contributed by atoms with E-state index in [0.717, 1.165) is 24.2 Å². The highest BCUT2D eigenvalue weighted by Crippen LogP contribution is 2.22. The number of hydrogen-bond donors (Lipinski definition) is 1. The topological polar surface area (TPSA) is 52.7 Å². The van der Waals surface area contributed by atoms with Crippen LogP contribution >= 0.6 is 11.6 Å². The SMILES string of the molecule is O=C1N/C(=C/c2ccc(N3CCCCC3)cc2)C(=O)N1Cc1ccc(Cl)cc1. The number of piperidine rings is 1. The predicted molar refractivity (Wildman–Crippen MR) is 111 cm³/mol. The molecule has 1 N–H and O–H groups in total. The molecule has 0 saturated carbocycles. The Morgan fingerprint density at radius 2 is 1.61 bits per heavy atom. The Kier molecular flexibility index (Phi) is 5.35. The number of benzene rings is 2. The number of nitrogens with zero attached hydrogens (tertiary/aromatic N) is 2. The average Bonchev–Trinajstić information content (AvgIpc) is 2.98. The summed E-state index contributed by atoms with van der Waals surface area (Å²) in [5, 5.41) is 3.29. The standard InChI is InChI=1S/C22H22ClN3O2/c23-18-8-4-17(5-9-18)15-26-21(27)20(24-22(26)28)14-16-6-10-19(11-7-16)25-12-2-1-3-13-25/h4-11,14H,1-3,12-13,15H2,(H,24,28)/b20-14+. The summed E-state index contributed by atoms with van der Waals surface area (Å²) in [6.07, 6.45) is 5.49. The molecule has 0 unspecified atom stereocenters. The third-order valence-corrected chi connectivity index (χ3v) is 5.39. The zero-order valence-corrected chi connectivity index (χ0v) is 16.3. The molecule has 2 fully saturated rings. The van der Waals surface area contributed by atoms with Crippen LogP contribution in [0.15, 0.2) is 54.2 Å². The lowest BCUT2D eigenvalue weighted by molar-refractivity contribution is -0.123. The Labute approximate surface area is 169 Å². The highest BCUT2D eigenvalue weighted by molar-refractivity contribution is 6.30. The van der Waals surface area contributed by atoms with Gasteiger partial charge < -0.3 is 10.2 Å². The minimum absolute atomic E-state index is 0.215. The van der Waals surface area contributed by atoms with Crippen LogP contribution in [0.25, 0.3) is 6.08 Å². The van der Waals surface area contributed by atoms with Crippen LogP contribution in [0.3, 0.4) is 0 Å². The van der Waals surface area contributed by atoms with E-state index in [-0.39, 0.29) is 12.5 Å². The largest absolute Gasteiger partial charge is 0.372 e. The Morgan fingerprint density at radius 1 is 0.929 bits per heavy atom. The highest BCUT2D eigenvalue weighted by atomic mass is 35.5. The van der Waals surface area contributed by atoms with E-state index in [2.05, 4.69) is 22.3 Å². The lowest BCUT2D eigenvalue weighted by Crippen LogP contribution is -2.30. The number of amides is 3. The van der Waals surface area contributed by atoms with E-state index in [4.69, 9.17) is 11.6 Å². The Hall–Kier alpha value is -2.79. The Bertz CT molecular complexity index is 900. The molecule has 2 saturated heterocycles. The molecule has 0 aromatic heterocycles. The van der Waals surface area contributed by atoms with E-state index in [0.29, 0.717) is 10.7 Å². The van der Waals surface area contributed by atoms with Gasteiger partial charge in [-0.3, -0.25) is 9.69 Å². The minimum Gasteiger partial charge on any atom is -0.372 e. The first-order valence-corrected chi connectivity index (χ1v) is 9.92. The van der Waals surface area contributed by atoms with Crippen LogP contribution in [0.2, 0.25) is 5.02 Å². The summed E-state index contributed by atoms with van der Waals surface area (Å²) >= 11 is 5.89. The van der Waals surface area contributed by atoms with Gasteiger partial charge in [0, 0.05) is 23.8 Å². The first kappa shape index (κ1) is 18.6. The molecule has 4 rings (SSSR count). The molecule has 2 aliphatic rings. The summed E-state index contributed by atoms with van der Waals surface area (Å²) in [4.78, 5) is 28.5. The molecule has 28 heavy (non-hydrogen) atoms. The number of rotatable bonds is 4. The van der Waals surface area contributed by atoms with Crippen molar-refractivity contribution >= 4 is 35.3 Å². The van der Waals surface area contributed by atoms with E-state index >= 15 is 0 Å². The van der Waals surface area contributed by atoms with Gasteiger partial charge in [-0.1, -0.05) is 35.9 Å². The molecule has 0 radical (unpaired) electrons. The number of halogens is 1. The van der Waals surface area contributed by atoms with E-state index in [1.807, 2.05) is 24.3 Å². The second-order valence-corrected chi connectivity index (χ2v) is 7.58. The number of carbonyl (C=O) groups is 2. The van der Waals surface area contributed by atoms with Gasteiger partial charge in [0.15, 0.2) is 0 Å². The highest BCUT2D eigenvalue weighted by Gasteiger charge is 2.33. The van der Waals surface area contributed by atoms with Gasteiger partial charge in [-0.05, 0) is 60.7 Å². The Balaban J connectivity index is 1.46. The summed E-state index contributed by atoms with van der Waals surface area (Å²) in [5.74, 6) is -0.319. The van der Waals surface area contributed by atoms with Crippen LogP contribution in [-0.4, -0.2) is 29.9 Å². The second kappa shape index (κ2) is 8.07. The molecule has 6 heteroatoms. The molecule has 5 nitrogen and oxygen atoms in total. The first-order valence-electron chi connectivity index (χ1n) is 9.54.